The Balaban J connectivity index is 2.41. The second kappa shape index (κ2) is 9.57. The molecule has 7 heteroatoms. The summed E-state index contributed by atoms with van der Waals surface area (Å²) in [5.41, 5.74) is 0.849. The van der Waals surface area contributed by atoms with Crippen molar-refractivity contribution < 1.29 is 14.8 Å². The van der Waals surface area contributed by atoms with E-state index in [-0.39, 0.29) is 12.3 Å². The Morgan fingerprint density at radius 1 is 1.45 bits per heavy atom. The van der Waals surface area contributed by atoms with E-state index in [0.29, 0.717) is 12.3 Å². The molecule has 1 rings (SSSR count). The summed E-state index contributed by atoms with van der Waals surface area (Å²) in [4.78, 5) is 10.3. The molecule has 0 spiro atoms. The number of nitrogens with one attached hydrogen (secondary N) is 1. The molecule has 0 amide bonds. The van der Waals surface area contributed by atoms with Crippen LogP contribution in [0.15, 0.2) is 18.2 Å². The van der Waals surface area contributed by atoms with Crippen molar-refractivity contribution in [3.63, 3.8) is 0 Å². The van der Waals surface area contributed by atoms with Crippen LogP contribution in [0.4, 0.5) is 5.69 Å². The van der Waals surface area contributed by atoms with E-state index in [1.807, 2.05) is 0 Å². The standard InChI is InChI=1S/C13H20N2O4S/c1-19-13-4-3-12(15(17)18)9-11(13)10-14-5-8-20-7-2-6-16/h3-4,9,14,16H,2,5-8,10H2,1H3. The van der Waals surface area contributed by atoms with Crippen LogP contribution in [0, 0.1) is 10.1 Å². The largest absolute Gasteiger partial charge is 0.496 e. The van der Waals surface area contributed by atoms with Gasteiger partial charge in [0.25, 0.3) is 5.69 Å². The number of benzene rings is 1. The number of rotatable bonds is 10. The lowest BCUT2D eigenvalue weighted by Crippen LogP contribution is -2.17. The van der Waals surface area contributed by atoms with Gasteiger partial charge in [-0.2, -0.15) is 11.8 Å². The van der Waals surface area contributed by atoms with Crippen molar-refractivity contribution in [1.82, 2.24) is 5.32 Å². The average Bonchev–Trinajstić information content (AvgIpc) is 2.46. The summed E-state index contributed by atoms with van der Waals surface area (Å²) >= 11 is 1.77. The van der Waals surface area contributed by atoms with Gasteiger partial charge in [-0.3, -0.25) is 10.1 Å². The lowest BCUT2D eigenvalue weighted by Gasteiger charge is -2.09. The maximum atomic E-state index is 10.8. The van der Waals surface area contributed by atoms with Gasteiger partial charge in [0.2, 0.25) is 0 Å². The molecular weight excluding hydrogens is 280 g/mol. The van der Waals surface area contributed by atoms with Crippen molar-refractivity contribution in [2.75, 3.05) is 31.8 Å². The smallest absolute Gasteiger partial charge is 0.270 e. The molecule has 0 bridgehead atoms. The molecule has 0 unspecified atom stereocenters. The molecule has 0 saturated carbocycles. The predicted octanol–water partition coefficient (Wildman–Crippen LogP) is 1.81. The van der Waals surface area contributed by atoms with Gasteiger partial charge in [0.1, 0.15) is 5.75 Å². The van der Waals surface area contributed by atoms with Crippen LogP contribution in [0.1, 0.15) is 12.0 Å². The number of nitro groups is 1. The van der Waals surface area contributed by atoms with E-state index in [1.54, 1.807) is 24.9 Å². The Labute approximate surface area is 122 Å². The van der Waals surface area contributed by atoms with Crippen molar-refractivity contribution in [2.45, 2.75) is 13.0 Å². The van der Waals surface area contributed by atoms with Crippen LogP contribution >= 0.6 is 11.8 Å². The summed E-state index contributed by atoms with van der Waals surface area (Å²) in [6, 6.07) is 4.59. The van der Waals surface area contributed by atoms with Crippen LogP contribution in [0.3, 0.4) is 0 Å². The molecule has 0 radical (unpaired) electrons. The Hall–Kier alpha value is -1.31. The fraction of sp³-hybridized carbons (Fsp3) is 0.538. The first-order chi connectivity index (χ1) is 9.69. The van der Waals surface area contributed by atoms with Crippen LogP contribution < -0.4 is 10.1 Å². The number of nitrogens with zero attached hydrogens (tertiary/aromatic N) is 1. The summed E-state index contributed by atoms with van der Waals surface area (Å²) in [7, 11) is 1.55. The van der Waals surface area contributed by atoms with Gasteiger partial charge in [-0.15, -0.1) is 0 Å². The highest BCUT2D eigenvalue weighted by atomic mass is 32.2. The molecule has 112 valence electrons. The third-order valence-corrected chi connectivity index (χ3v) is 3.73. The molecule has 6 nitrogen and oxygen atoms in total. The molecule has 0 aromatic heterocycles. The minimum absolute atomic E-state index is 0.0694. The van der Waals surface area contributed by atoms with Gasteiger partial charge in [0, 0.05) is 43.1 Å². The molecule has 0 fully saturated rings. The molecule has 1 aromatic rings. The van der Waals surface area contributed by atoms with E-state index in [2.05, 4.69) is 5.32 Å². The zero-order chi connectivity index (χ0) is 14.8. The summed E-state index contributed by atoms with van der Waals surface area (Å²) in [6.45, 7) is 1.57. The van der Waals surface area contributed by atoms with E-state index in [4.69, 9.17) is 9.84 Å². The maximum absolute atomic E-state index is 10.8. The van der Waals surface area contributed by atoms with E-state index in [0.717, 1.165) is 30.0 Å². The van der Waals surface area contributed by atoms with Crippen LogP contribution in [0.5, 0.6) is 5.75 Å². The first kappa shape index (κ1) is 16.7. The topological polar surface area (TPSA) is 84.6 Å². The number of non-ortho nitro benzene ring substituents is 1. The van der Waals surface area contributed by atoms with Gasteiger partial charge in [0.15, 0.2) is 0 Å². The van der Waals surface area contributed by atoms with Crippen LogP contribution in [-0.4, -0.2) is 41.8 Å². The molecule has 2 N–H and O–H groups in total. The molecule has 0 aliphatic rings. The fourth-order valence-corrected chi connectivity index (χ4v) is 2.48. The van der Waals surface area contributed by atoms with Gasteiger partial charge in [-0.25, -0.2) is 0 Å². The van der Waals surface area contributed by atoms with E-state index in [1.165, 1.54) is 12.1 Å². The fourth-order valence-electron chi connectivity index (χ4n) is 1.65. The molecule has 20 heavy (non-hydrogen) atoms. The minimum Gasteiger partial charge on any atom is -0.496 e. The number of hydrogen-bond acceptors (Lipinski definition) is 6. The zero-order valence-electron chi connectivity index (χ0n) is 11.5. The molecule has 0 aliphatic carbocycles. The van der Waals surface area contributed by atoms with Crippen molar-refractivity contribution in [2.24, 2.45) is 0 Å². The van der Waals surface area contributed by atoms with Crippen molar-refractivity contribution in [3.05, 3.63) is 33.9 Å². The first-order valence-corrected chi connectivity index (χ1v) is 7.55. The number of aliphatic hydroxyl groups is 1. The quantitative estimate of drug-likeness (QED) is 0.389. The maximum Gasteiger partial charge on any atom is 0.270 e. The highest BCUT2D eigenvalue weighted by molar-refractivity contribution is 7.99. The SMILES string of the molecule is COc1ccc([N+](=O)[O-])cc1CNCCSCCCO. The molecular formula is C13H20N2O4S. The molecule has 0 saturated heterocycles. The van der Waals surface area contributed by atoms with Crippen molar-refractivity contribution >= 4 is 17.4 Å². The Bertz CT molecular complexity index is 429. The highest BCUT2D eigenvalue weighted by Gasteiger charge is 2.10. The lowest BCUT2D eigenvalue weighted by molar-refractivity contribution is -0.384. The minimum atomic E-state index is -0.409. The molecule has 0 heterocycles. The molecule has 0 atom stereocenters. The van der Waals surface area contributed by atoms with E-state index >= 15 is 0 Å². The Morgan fingerprint density at radius 3 is 2.90 bits per heavy atom. The number of ether oxygens (including phenoxy) is 1. The highest BCUT2D eigenvalue weighted by Crippen LogP contribution is 2.23. The predicted molar refractivity (Wildman–Crippen MR) is 80.4 cm³/mol. The summed E-state index contributed by atoms with van der Waals surface area (Å²) in [5.74, 6) is 2.53. The van der Waals surface area contributed by atoms with Gasteiger partial charge in [-0.05, 0) is 18.2 Å². The van der Waals surface area contributed by atoms with Gasteiger partial charge < -0.3 is 15.2 Å². The Kier molecular flexibility index (Phi) is 8.01. The number of aliphatic hydroxyl groups excluding tert-OH is 1. The normalized spacial score (nSPS) is 10.5. The van der Waals surface area contributed by atoms with Gasteiger partial charge in [0.05, 0.1) is 12.0 Å². The number of methoxy groups -OCH3 is 1. The van der Waals surface area contributed by atoms with Crippen molar-refractivity contribution in [1.29, 1.82) is 0 Å². The molecule has 1 aromatic carbocycles. The lowest BCUT2D eigenvalue weighted by atomic mass is 10.1. The van der Waals surface area contributed by atoms with Gasteiger partial charge in [-0.1, -0.05) is 0 Å². The summed E-state index contributed by atoms with van der Waals surface area (Å²) < 4.78 is 5.19. The van der Waals surface area contributed by atoms with Crippen LogP contribution in [0.25, 0.3) is 0 Å². The van der Waals surface area contributed by atoms with Gasteiger partial charge >= 0.3 is 0 Å². The second-order valence-electron chi connectivity index (χ2n) is 4.12. The summed E-state index contributed by atoms with van der Waals surface area (Å²) in [6.07, 6.45) is 0.809. The molecule has 0 aliphatic heterocycles. The van der Waals surface area contributed by atoms with Crippen molar-refractivity contribution in [3.8, 4) is 5.75 Å². The monoisotopic (exact) mass is 300 g/mol. The number of nitro benzene ring substituents is 1. The Morgan fingerprint density at radius 2 is 2.25 bits per heavy atom. The third-order valence-electron chi connectivity index (χ3n) is 2.66. The average molecular weight is 300 g/mol. The zero-order valence-corrected chi connectivity index (χ0v) is 12.3. The number of hydrogen-bond donors (Lipinski definition) is 2. The first-order valence-electron chi connectivity index (χ1n) is 6.39. The second-order valence-corrected chi connectivity index (χ2v) is 5.34. The van der Waals surface area contributed by atoms with E-state index < -0.39 is 4.92 Å². The summed E-state index contributed by atoms with van der Waals surface area (Å²) in [5, 5.41) is 22.6. The van der Waals surface area contributed by atoms with Crippen LogP contribution in [0.2, 0.25) is 0 Å². The van der Waals surface area contributed by atoms with Crippen LogP contribution in [-0.2, 0) is 6.54 Å². The number of thioether (sulfide) groups is 1. The third kappa shape index (κ3) is 5.77. The van der Waals surface area contributed by atoms with E-state index in [9.17, 15) is 10.1 Å².